The second kappa shape index (κ2) is 6.36. The molecule has 0 radical (unpaired) electrons. The number of aromatic nitrogens is 3. The Kier molecular flexibility index (Phi) is 4.49. The summed E-state index contributed by atoms with van der Waals surface area (Å²) < 4.78 is 7.83. The highest BCUT2D eigenvalue weighted by atomic mass is 32.2. The second-order valence-corrected chi connectivity index (χ2v) is 6.98. The molecule has 1 aromatic rings. The van der Waals surface area contributed by atoms with E-state index in [0.717, 1.165) is 24.4 Å². The van der Waals surface area contributed by atoms with Gasteiger partial charge in [-0.3, -0.25) is 4.79 Å². The molecule has 1 N–H and O–H groups in total. The molecule has 0 bridgehead atoms. The highest BCUT2D eigenvalue weighted by Crippen LogP contribution is 2.39. The summed E-state index contributed by atoms with van der Waals surface area (Å²) in [4.78, 5) is 12.0. The van der Waals surface area contributed by atoms with Gasteiger partial charge >= 0.3 is 0 Å². The molecule has 1 aliphatic carbocycles. The van der Waals surface area contributed by atoms with Crippen molar-refractivity contribution in [1.82, 2.24) is 20.1 Å². The van der Waals surface area contributed by atoms with Gasteiger partial charge in [0.25, 0.3) is 0 Å². The Hall–Kier alpha value is -1.08. The van der Waals surface area contributed by atoms with Crippen LogP contribution in [-0.4, -0.2) is 44.7 Å². The van der Waals surface area contributed by atoms with Crippen LogP contribution in [0.25, 0.3) is 0 Å². The van der Waals surface area contributed by atoms with Gasteiger partial charge in [0, 0.05) is 7.05 Å². The van der Waals surface area contributed by atoms with E-state index in [-0.39, 0.29) is 17.6 Å². The minimum Gasteiger partial charge on any atom is -0.373 e. The molecule has 21 heavy (non-hydrogen) atoms. The van der Waals surface area contributed by atoms with Crippen molar-refractivity contribution in [2.45, 2.75) is 55.3 Å². The van der Waals surface area contributed by atoms with E-state index in [1.807, 2.05) is 11.6 Å². The smallest absolute Gasteiger partial charge is 0.230 e. The van der Waals surface area contributed by atoms with Gasteiger partial charge in [0.15, 0.2) is 5.16 Å². The molecule has 6 nitrogen and oxygen atoms in total. The van der Waals surface area contributed by atoms with Crippen LogP contribution in [0.2, 0.25) is 0 Å². The van der Waals surface area contributed by atoms with Crippen molar-refractivity contribution in [2.24, 2.45) is 7.05 Å². The number of hydrogen-bond acceptors (Lipinski definition) is 5. The summed E-state index contributed by atoms with van der Waals surface area (Å²) in [6.45, 7) is 0.653. The van der Waals surface area contributed by atoms with E-state index in [2.05, 4.69) is 15.5 Å². The van der Waals surface area contributed by atoms with E-state index in [1.54, 1.807) is 6.33 Å². The largest absolute Gasteiger partial charge is 0.373 e. The third-order valence-corrected chi connectivity index (χ3v) is 5.38. The fourth-order valence-corrected chi connectivity index (χ4v) is 3.98. The van der Waals surface area contributed by atoms with Crippen molar-refractivity contribution in [3.63, 3.8) is 0 Å². The zero-order chi connectivity index (χ0) is 14.7. The van der Waals surface area contributed by atoms with E-state index < -0.39 is 0 Å². The van der Waals surface area contributed by atoms with E-state index in [4.69, 9.17) is 4.74 Å². The van der Waals surface area contributed by atoms with Crippen LogP contribution < -0.4 is 5.32 Å². The van der Waals surface area contributed by atoms with Crippen LogP contribution in [0.3, 0.4) is 0 Å². The van der Waals surface area contributed by atoms with Gasteiger partial charge in [-0.25, -0.2) is 0 Å². The van der Waals surface area contributed by atoms with Crippen LogP contribution >= 0.6 is 11.8 Å². The number of carbonyl (C=O) groups is 1. The van der Waals surface area contributed by atoms with Gasteiger partial charge < -0.3 is 14.6 Å². The average molecular weight is 310 g/mol. The third-order valence-electron chi connectivity index (χ3n) is 4.34. The maximum Gasteiger partial charge on any atom is 0.230 e. The van der Waals surface area contributed by atoms with Gasteiger partial charge in [0.05, 0.1) is 24.0 Å². The lowest BCUT2D eigenvalue weighted by molar-refractivity contribution is -0.119. The molecule has 3 rings (SSSR count). The minimum atomic E-state index is 0.0458. The quantitative estimate of drug-likeness (QED) is 0.854. The van der Waals surface area contributed by atoms with Gasteiger partial charge in [-0.1, -0.05) is 31.0 Å². The molecule has 2 aliphatic rings. The predicted molar refractivity (Wildman–Crippen MR) is 80.0 cm³/mol. The molecular formula is C14H22N4O2S. The van der Waals surface area contributed by atoms with Crippen LogP contribution in [0.15, 0.2) is 11.5 Å². The Morgan fingerprint density at radius 3 is 3.05 bits per heavy atom. The number of nitrogens with zero attached hydrogens (tertiary/aromatic N) is 3. The zero-order valence-electron chi connectivity index (χ0n) is 12.4. The predicted octanol–water partition coefficient (Wildman–Crippen LogP) is 1.52. The van der Waals surface area contributed by atoms with Crippen LogP contribution in [0.4, 0.5) is 0 Å². The lowest BCUT2D eigenvalue weighted by atomic mass is 9.82. The van der Waals surface area contributed by atoms with Crippen molar-refractivity contribution in [3.8, 4) is 0 Å². The van der Waals surface area contributed by atoms with E-state index in [9.17, 15) is 4.79 Å². The summed E-state index contributed by atoms with van der Waals surface area (Å²) in [7, 11) is 1.87. The fourth-order valence-electron chi connectivity index (χ4n) is 3.28. The molecule has 2 heterocycles. The maximum absolute atomic E-state index is 12.0. The van der Waals surface area contributed by atoms with Gasteiger partial charge in [-0.05, 0) is 19.3 Å². The third kappa shape index (κ3) is 3.58. The fraction of sp³-hybridized carbons (Fsp3) is 0.786. The molecule has 1 aliphatic heterocycles. The van der Waals surface area contributed by atoms with Crippen LogP contribution in [0.5, 0.6) is 0 Å². The molecule has 0 unspecified atom stereocenters. The molecule has 1 saturated carbocycles. The average Bonchev–Trinajstić information content (AvgIpc) is 3.05. The summed E-state index contributed by atoms with van der Waals surface area (Å²) in [5.41, 5.74) is 0.0485. The van der Waals surface area contributed by atoms with Crippen LogP contribution in [0, 0.1) is 0 Å². The Morgan fingerprint density at radius 1 is 1.52 bits per heavy atom. The molecule has 2 fully saturated rings. The number of rotatable bonds is 4. The number of hydrogen-bond donors (Lipinski definition) is 1. The molecule has 1 saturated heterocycles. The van der Waals surface area contributed by atoms with Gasteiger partial charge in [0.2, 0.25) is 5.91 Å². The highest BCUT2D eigenvalue weighted by molar-refractivity contribution is 7.99. The maximum atomic E-state index is 12.0. The molecular weight excluding hydrogens is 288 g/mol. The van der Waals surface area contributed by atoms with E-state index in [0.29, 0.717) is 12.4 Å². The minimum absolute atomic E-state index is 0.0458. The number of aryl methyl sites for hydroxylation is 1. The Balaban J connectivity index is 1.44. The SMILES string of the molecule is Cn1cnnc1SCC(=O)N[C@H]1COC2(CCCCC2)C1. The number of thioether (sulfide) groups is 1. The molecule has 7 heteroatoms. The van der Waals surface area contributed by atoms with Crippen LogP contribution in [-0.2, 0) is 16.6 Å². The highest BCUT2D eigenvalue weighted by Gasteiger charge is 2.41. The summed E-state index contributed by atoms with van der Waals surface area (Å²) in [5, 5.41) is 11.6. The first kappa shape index (κ1) is 14.8. The monoisotopic (exact) mass is 310 g/mol. The Labute approximate surface area is 129 Å². The first-order valence-electron chi connectivity index (χ1n) is 7.57. The summed E-state index contributed by atoms with van der Waals surface area (Å²) in [5.74, 6) is 0.417. The van der Waals surface area contributed by atoms with Crippen molar-refractivity contribution >= 4 is 17.7 Å². The molecule has 1 amide bonds. The summed E-state index contributed by atoms with van der Waals surface area (Å²) in [6, 6.07) is 0.163. The van der Waals surface area contributed by atoms with E-state index in [1.165, 1.54) is 31.0 Å². The summed E-state index contributed by atoms with van der Waals surface area (Å²) >= 11 is 1.41. The molecule has 116 valence electrons. The molecule has 0 aromatic carbocycles. The lowest BCUT2D eigenvalue weighted by Gasteiger charge is -2.32. The standard InChI is InChI=1S/C14H22N4O2S/c1-18-10-15-17-13(18)21-9-12(19)16-11-7-14(20-8-11)5-3-2-4-6-14/h10-11H,2-9H2,1H3,(H,16,19)/t11-/m1/s1. The normalized spacial score (nSPS) is 24.3. The topological polar surface area (TPSA) is 69.0 Å². The van der Waals surface area contributed by atoms with Crippen molar-refractivity contribution in [3.05, 3.63) is 6.33 Å². The van der Waals surface area contributed by atoms with Crippen molar-refractivity contribution in [1.29, 1.82) is 0 Å². The van der Waals surface area contributed by atoms with Gasteiger partial charge in [-0.15, -0.1) is 10.2 Å². The molecule has 1 spiro atoms. The molecule has 1 aromatic heterocycles. The number of carbonyl (C=O) groups excluding carboxylic acids is 1. The van der Waals surface area contributed by atoms with Gasteiger partial charge in [-0.2, -0.15) is 0 Å². The van der Waals surface area contributed by atoms with E-state index >= 15 is 0 Å². The van der Waals surface area contributed by atoms with Crippen LogP contribution in [0.1, 0.15) is 38.5 Å². The lowest BCUT2D eigenvalue weighted by Crippen LogP contribution is -2.38. The number of amides is 1. The second-order valence-electron chi connectivity index (χ2n) is 6.04. The Bertz CT molecular complexity index is 499. The van der Waals surface area contributed by atoms with Gasteiger partial charge in [0.1, 0.15) is 6.33 Å². The first-order valence-corrected chi connectivity index (χ1v) is 8.56. The van der Waals surface area contributed by atoms with Crippen molar-refractivity contribution in [2.75, 3.05) is 12.4 Å². The zero-order valence-corrected chi connectivity index (χ0v) is 13.2. The Morgan fingerprint density at radius 2 is 2.33 bits per heavy atom. The first-order chi connectivity index (χ1) is 10.2. The molecule has 1 atom stereocenters. The van der Waals surface area contributed by atoms with Crippen molar-refractivity contribution < 1.29 is 9.53 Å². The summed E-state index contributed by atoms with van der Waals surface area (Å²) in [6.07, 6.45) is 8.72. The number of nitrogens with one attached hydrogen (secondary N) is 1. The number of ether oxygens (including phenoxy) is 1.